The lowest BCUT2D eigenvalue weighted by molar-refractivity contribution is 0.113. The number of aryl methyl sites for hydroxylation is 1. The zero-order valence-corrected chi connectivity index (χ0v) is 21.1. The van der Waals surface area contributed by atoms with E-state index in [1.807, 2.05) is 50.2 Å². The Kier molecular flexibility index (Phi) is 6.37. The topological polar surface area (TPSA) is 135 Å². The first kappa shape index (κ1) is 24.5. The summed E-state index contributed by atoms with van der Waals surface area (Å²) in [7, 11) is -4.26. The van der Waals surface area contributed by atoms with Gasteiger partial charge in [0.25, 0.3) is 0 Å². The highest BCUT2D eigenvalue weighted by molar-refractivity contribution is 7.89. The lowest BCUT2D eigenvalue weighted by Gasteiger charge is -2.27. The molecule has 0 bridgehead atoms. The highest BCUT2D eigenvalue weighted by Crippen LogP contribution is 2.43. The fourth-order valence-electron chi connectivity index (χ4n) is 4.74. The van der Waals surface area contributed by atoms with Gasteiger partial charge in [0.15, 0.2) is 0 Å². The van der Waals surface area contributed by atoms with Gasteiger partial charge in [-0.2, -0.15) is 4.72 Å². The van der Waals surface area contributed by atoms with Gasteiger partial charge in [-0.05, 0) is 41.0 Å². The van der Waals surface area contributed by atoms with Crippen molar-refractivity contribution < 1.29 is 22.7 Å². The maximum atomic E-state index is 13.7. The molecule has 5 rings (SSSR count). The molecule has 1 aromatic heterocycles. The largest absolute Gasteiger partial charge is 0.492 e. The number of sulfonamides is 1. The molecule has 0 spiro atoms. The summed E-state index contributed by atoms with van der Waals surface area (Å²) in [6.07, 6.45) is -0.656. The van der Waals surface area contributed by atoms with E-state index in [0.717, 1.165) is 21.9 Å². The summed E-state index contributed by atoms with van der Waals surface area (Å²) in [5.41, 5.74) is 2.11. The number of nitrogens with zero attached hydrogens (tertiary/aromatic N) is 1. The second-order valence-corrected chi connectivity index (χ2v) is 10.9. The van der Waals surface area contributed by atoms with Gasteiger partial charge in [0.2, 0.25) is 15.9 Å². The molecular weight excluding hydrogens is 506 g/mol. The van der Waals surface area contributed by atoms with Gasteiger partial charge in [0, 0.05) is 17.9 Å². The Hall–Kier alpha value is -3.18. The third kappa shape index (κ3) is 4.30. The predicted molar refractivity (Wildman–Crippen MR) is 134 cm³/mol. The van der Waals surface area contributed by atoms with E-state index in [-0.39, 0.29) is 33.7 Å². The Labute approximate surface area is 212 Å². The number of aromatic nitrogens is 2. The van der Waals surface area contributed by atoms with Crippen molar-refractivity contribution in [3.8, 4) is 5.75 Å². The molecule has 3 N–H and O–H groups in total. The van der Waals surface area contributed by atoms with Crippen LogP contribution in [0.15, 0.2) is 62.6 Å². The van der Waals surface area contributed by atoms with Gasteiger partial charge >= 0.3 is 5.76 Å². The molecule has 1 unspecified atom stereocenters. The molecular formula is C25H24ClN3O6S. The fourth-order valence-corrected chi connectivity index (χ4v) is 6.44. The SMILES string of the molecule is Cc1cccc2cccc([C@@H](C)[C@H](NS(=O)(=O)c3ccc(Cl)c4c3OCCC4O)c3n[nH]c(=O)o3)c12. The minimum absolute atomic E-state index is 0.00430. The number of nitrogens with one attached hydrogen (secondary N) is 2. The quantitative estimate of drug-likeness (QED) is 0.342. The van der Waals surface area contributed by atoms with Crippen LogP contribution in [0.25, 0.3) is 10.8 Å². The van der Waals surface area contributed by atoms with Gasteiger partial charge in [-0.1, -0.05) is 54.9 Å². The molecule has 0 saturated heterocycles. The molecule has 4 aromatic rings. The van der Waals surface area contributed by atoms with Crippen LogP contribution in [0, 0.1) is 6.92 Å². The zero-order chi connectivity index (χ0) is 25.6. The third-order valence-corrected chi connectivity index (χ3v) is 8.30. The van der Waals surface area contributed by atoms with E-state index < -0.39 is 33.8 Å². The summed E-state index contributed by atoms with van der Waals surface area (Å²) in [5, 5.41) is 18.7. The van der Waals surface area contributed by atoms with E-state index in [4.69, 9.17) is 20.8 Å². The average molecular weight is 530 g/mol. The van der Waals surface area contributed by atoms with Crippen molar-refractivity contribution in [2.45, 2.75) is 43.2 Å². The molecule has 3 aromatic carbocycles. The fraction of sp³-hybridized carbons (Fsp3) is 0.280. The Balaban J connectivity index is 1.62. The molecule has 9 nitrogen and oxygen atoms in total. The maximum Gasteiger partial charge on any atom is 0.434 e. The number of aliphatic hydroxyl groups excluding tert-OH is 1. The van der Waals surface area contributed by atoms with Crippen LogP contribution in [0.3, 0.4) is 0 Å². The number of aromatic amines is 1. The molecule has 0 saturated carbocycles. The van der Waals surface area contributed by atoms with Crippen LogP contribution in [-0.2, 0) is 10.0 Å². The summed E-state index contributed by atoms with van der Waals surface area (Å²) in [6.45, 7) is 3.95. The predicted octanol–water partition coefficient (Wildman–Crippen LogP) is 4.12. The number of ether oxygens (including phenoxy) is 1. The number of hydrogen-bond donors (Lipinski definition) is 3. The van der Waals surface area contributed by atoms with Crippen LogP contribution in [0.4, 0.5) is 0 Å². The van der Waals surface area contributed by atoms with Crippen LogP contribution in [0.5, 0.6) is 5.75 Å². The second kappa shape index (κ2) is 9.36. The molecule has 2 heterocycles. The lowest BCUT2D eigenvalue weighted by Crippen LogP contribution is -2.33. The standard InChI is InChI=1S/C25H24ClN3O6S/c1-13-5-3-6-15-7-4-8-16(20(13)15)14(2)22(24-27-28-25(31)35-24)29-36(32,33)19-10-9-17(26)21-18(30)11-12-34-23(19)21/h3-10,14,18,22,29-30H,11-12H2,1-2H3,(H,28,31)/t14-,18?,22+/m1/s1. The van der Waals surface area contributed by atoms with Crippen molar-refractivity contribution in [3.05, 3.63) is 86.7 Å². The molecule has 11 heteroatoms. The van der Waals surface area contributed by atoms with Crippen molar-refractivity contribution in [1.29, 1.82) is 0 Å². The summed E-state index contributed by atoms with van der Waals surface area (Å²) in [5.74, 6) is -1.40. The highest BCUT2D eigenvalue weighted by Gasteiger charge is 2.35. The van der Waals surface area contributed by atoms with E-state index in [1.54, 1.807) is 0 Å². The second-order valence-electron chi connectivity index (χ2n) is 8.80. The molecule has 0 amide bonds. The van der Waals surface area contributed by atoms with Crippen LogP contribution in [0.2, 0.25) is 5.02 Å². The monoisotopic (exact) mass is 529 g/mol. The first-order valence-electron chi connectivity index (χ1n) is 11.4. The number of aliphatic hydroxyl groups is 1. The first-order chi connectivity index (χ1) is 17.2. The summed E-state index contributed by atoms with van der Waals surface area (Å²) >= 11 is 6.25. The smallest absolute Gasteiger partial charge is 0.434 e. The van der Waals surface area contributed by atoms with Crippen molar-refractivity contribution in [2.24, 2.45) is 0 Å². The molecule has 36 heavy (non-hydrogen) atoms. The van der Waals surface area contributed by atoms with E-state index in [2.05, 4.69) is 14.9 Å². The van der Waals surface area contributed by atoms with Crippen molar-refractivity contribution in [1.82, 2.24) is 14.9 Å². The van der Waals surface area contributed by atoms with Crippen LogP contribution >= 0.6 is 11.6 Å². The molecule has 1 aliphatic rings. The summed E-state index contributed by atoms with van der Waals surface area (Å²) in [6, 6.07) is 13.4. The maximum absolute atomic E-state index is 13.7. The molecule has 0 fully saturated rings. The Morgan fingerprint density at radius 3 is 2.67 bits per heavy atom. The van der Waals surface area contributed by atoms with E-state index in [9.17, 15) is 18.3 Å². The zero-order valence-electron chi connectivity index (χ0n) is 19.5. The Bertz CT molecular complexity index is 1610. The minimum atomic E-state index is -4.26. The third-order valence-electron chi connectivity index (χ3n) is 6.51. The van der Waals surface area contributed by atoms with Crippen molar-refractivity contribution >= 4 is 32.4 Å². The van der Waals surface area contributed by atoms with Crippen LogP contribution < -0.4 is 15.2 Å². The van der Waals surface area contributed by atoms with Gasteiger partial charge in [0.1, 0.15) is 16.7 Å². The van der Waals surface area contributed by atoms with E-state index in [1.165, 1.54) is 12.1 Å². The average Bonchev–Trinajstić information content (AvgIpc) is 3.28. The van der Waals surface area contributed by atoms with Gasteiger partial charge < -0.3 is 14.3 Å². The number of fused-ring (bicyclic) bond motifs is 2. The van der Waals surface area contributed by atoms with Crippen LogP contribution in [-0.4, -0.2) is 30.3 Å². The number of benzene rings is 3. The molecule has 1 aliphatic heterocycles. The van der Waals surface area contributed by atoms with Crippen molar-refractivity contribution in [2.75, 3.05) is 6.61 Å². The Morgan fingerprint density at radius 1 is 1.19 bits per heavy atom. The minimum Gasteiger partial charge on any atom is -0.492 e. The van der Waals surface area contributed by atoms with Gasteiger partial charge in [0.05, 0.1) is 17.7 Å². The number of H-pyrrole nitrogens is 1. The van der Waals surface area contributed by atoms with Gasteiger partial charge in [-0.3, -0.25) is 0 Å². The number of rotatable bonds is 6. The molecule has 0 aliphatic carbocycles. The Morgan fingerprint density at radius 2 is 1.94 bits per heavy atom. The van der Waals surface area contributed by atoms with E-state index in [0.29, 0.717) is 6.42 Å². The summed E-state index contributed by atoms with van der Waals surface area (Å²) < 4.78 is 40.9. The van der Waals surface area contributed by atoms with Gasteiger partial charge in [-0.15, -0.1) is 5.10 Å². The number of halogens is 1. The van der Waals surface area contributed by atoms with E-state index >= 15 is 0 Å². The van der Waals surface area contributed by atoms with Gasteiger partial charge in [-0.25, -0.2) is 18.3 Å². The number of hydrogen-bond acceptors (Lipinski definition) is 7. The molecule has 0 radical (unpaired) electrons. The van der Waals surface area contributed by atoms with Crippen molar-refractivity contribution in [3.63, 3.8) is 0 Å². The highest BCUT2D eigenvalue weighted by atomic mass is 35.5. The van der Waals surface area contributed by atoms with Crippen LogP contribution in [0.1, 0.15) is 54.0 Å². The normalized spacial score (nSPS) is 17.4. The molecule has 3 atom stereocenters. The lowest BCUT2D eigenvalue weighted by atomic mass is 9.88. The molecule has 188 valence electrons. The first-order valence-corrected chi connectivity index (χ1v) is 13.2. The summed E-state index contributed by atoms with van der Waals surface area (Å²) in [4.78, 5) is 11.6.